The number of fused-ring (bicyclic) bond motifs is 1. The van der Waals surface area contributed by atoms with E-state index >= 15 is 0 Å². The topological polar surface area (TPSA) is 152 Å². The molecule has 1 unspecified atom stereocenters. The maximum Gasteiger partial charge on any atom is 0.414 e. The molecule has 1 aromatic heterocycles. The highest BCUT2D eigenvalue weighted by Crippen LogP contribution is 2.23. The Morgan fingerprint density at radius 2 is 1.50 bits per heavy atom. The third-order valence-corrected chi connectivity index (χ3v) is 5.36. The number of furan rings is 1. The summed E-state index contributed by atoms with van der Waals surface area (Å²) in [6, 6.07) is 9.63. The summed E-state index contributed by atoms with van der Waals surface area (Å²) < 4.78 is 5.85. The van der Waals surface area contributed by atoms with Gasteiger partial charge in [0.25, 0.3) is 0 Å². The van der Waals surface area contributed by atoms with Crippen molar-refractivity contribution < 1.29 is 33.8 Å². The number of rotatable bonds is 6. The zero-order valence-electron chi connectivity index (χ0n) is 21.2. The van der Waals surface area contributed by atoms with Crippen molar-refractivity contribution in [1.82, 2.24) is 20.4 Å². The lowest BCUT2D eigenvalue weighted by Gasteiger charge is -2.25. The molecule has 2 aromatic rings. The minimum absolute atomic E-state index is 0.0121. The van der Waals surface area contributed by atoms with Crippen LogP contribution in [0.1, 0.15) is 45.9 Å². The SMILES string of the molecule is CC(NC(=O)CN1CCCN(CC(=O)NC(C)(C)C)CC1)c1cc2ccccc2o1.O=C(O)C(=O)O. The molecule has 0 saturated carbocycles. The number of para-hydroxylation sites is 1. The minimum Gasteiger partial charge on any atom is -0.473 e. The van der Waals surface area contributed by atoms with Crippen LogP contribution < -0.4 is 10.6 Å². The molecule has 1 atom stereocenters. The van der Waals surface area contributed by atoms with E-state index in [4.69, 9.17) is 24.2 Å². The standard InChI is InChI=1S/C23H34N4O3.C2H2O4/c1-17(20-14-18-8-5-6-9-19(18)30-20)24-21(28)15-26-10-7-11-27(13-12-26)16-22(29)25-23(2,3)4;3-1(4)2(5)6/h5-6,8-9,14,17H,7,10-13,15-16H2,1-4H3,(H,24,28)(H,25,29);(H,3,4)(H,5,6). The molecule has 4 N–H and O–H groups in total. The van der Waals surface area contributed by atoms with Gasteiger partial charge in [0, 0.05) is 24.0 Å². The zero-order chi connectivity index (χ0) is 26.9. The quantitative estimate of drug-likeness (QED) is 0.431. The average molecular weight is 505 g/mol. The molecule has 2 amide bonds. The molecule has 11 heteroatoms. The number of amides is 2. The third-order valence-electron chi connectivity index (χ3n) is 5.36. The van der Waals surface area contributed by atoms with Crippen LogP contribution in [0, 0.1) is 0 Å². The van der Waals surface area contributed by atoms with Crippen molar-refractivity contribution >= 4 is 34.7 Å². The number of carbonyl (C=O) groups is 4. The number of hydrogen-bond donors (Lipinski definition) is 4. The van der Waals surface area contributed by atoms with Crippen LogP contribution >= 0.6 is 0 Å². The van der Waals surface area contributed by atoms with Crippen molar-refractivity contribution in [1.29, 1.82) is 0 Å². The van der Waals surface area contributed by atoms with Gasteiger partial charge < -0.3 is 25.3 Å². The molecule has 1 aliphatic rings. The smallest absolute Gasteiger partial charge is 0.414 e. The lowest BCUT2D eigenvalue weighted by molar-refractivity contribution is -0.159. The molecular formula is C25H36N4O7. The summed E-state index contributed by atoms with van der Waals surface area (Å²) in [4.78, 5) is 47.3. The zero-order valence-corrected chi connectivity index (χ0v) is 21.2. The summed E-state index contributed by atoms with van der Waals surface area (Å²) in [5.41, 5.74) is 0.612. The number of carboxylic acid groups (broad SMARTS) is 2. The lowest BCUT2D eigenvalue weighted by atomic mass is 10.1. The van der Waals surface area contributed by atoms with Crippen LogP contribution in [-0.4, -0.2) is 88.6 Å². The highest BCUT2D eigenvalue weighted by atomic mass is 16.4. The van der Waals surface area contributed by atoms with Crippen LogP contribution in [0.5, 0.6) is 0 Å². The van der Waals surface area contributed by atoms with Gasteiger partial charge in [0.2, 0.25) is 11.8 Å². The Hall–Kier alpha value is -3.44. The molecule has 1 aromatic carbocycles. The predicted octanol–water partition coefficient (Wildman–Crippen LogP) is 1.69. The van der Waals surface area contributed by atoms with Crippen molar-refractivity contribution in [3.8, 4) is 0 Å². The van der Waals surface area contributed by atoms with Gasteiger partial charge in [-0.2, -0.15) is 0 Å². The first kappa shape index (κ1) is 28.8. The molecular weight excluding hydrogens is 468 g/mol. The number of hydrogen-bond acceptors (Lipinski definition) is 7. The van der Waals surface area contributed by atoms with E-state index in [0.29, 0.717) is 13.1 Å². The Kier molecular flexibility index (Phi) is 10.4. The summed E-state index contributed by atoms with van der Waals surface area (Å²) in [5, 5.41) is 21.9. The van der Waals surface area contributed by atoms with Crippen LogP contribution in [0.25, 0.3) is 11.0 Å². The number of nitrogens with one attached hydrogen (secondary N) is 2. The van der Waals surface area contributed by atoms with Gasteiger partial charge in [0.05, 0.1) is 19.1 Å². The summed E-state index contributed by atoms with van der Waals surface area (Å²) in [5.74, 6) is -2.85. The monoisotopic (exact) mass is 504 g/mol. The fourth-order valence-electron chi connectivity index (χ4n) is 3.78. The lowest BCUT2D eigenvalue weighted by Crippen LogP contribution is -2.46. The second kappa shape index (κ2) is 13.0. The number of aliphatic carboxylic acids is 2. The van der Waals surface area contributed by atoms with Crippen molar-refractivity contribution in [2.24, 2.45) is 0 Å². The van der Waals surface area contributed by atoms with Gasteiger partial charge in [0.1, 0.15) is 11.3 Å². The van der Waals surface area contributed by atoms with E-state index in [-0.39, 0.29) is 23.4 Å². The Morgan fingerprint density at radius 3 is 2.03 bits per heavy atom. The normalized spacial score (nSPS) is 15.8. The van der Waals surface area contributed by atoms with Crippen LogP contribution in [-0.2, 0) is 19.2 Å². The molecule has 0 spiro atoms. The molecule has 36 heavy (non-hydrogen) atoms. The molecule has 0 aliphatic carbocycles. The van der Waals surface area contributed by atoms with Crippen LogP contribution in [0.4, 0.5) is 0 Å². The molecule has 0 bridgehead atoms. The molecule has 1 saturated heterocycles. The van der Waals surface area contributed by atoms with Gasteiger partial charge in [-0.3, -0.25) is 19.4 Å². The fraction of sp³-hybridized carbons (Fsp3) is 0.520. The van der Waals surface area contributed by atoms with Crippen molar-refractivity contribution in [3.05, 3.63) is 36.1 Å². The van der Waals surface area contributed by atoms with E-state index in [9.17, 15) is 9.59 Å². The van der Waals surface area contributed by atoms with E-state index in [1.165, 1.54) is 0 Å². The van der Waals surface area contributed by atoms with Gasteiger partial charge in [0.15, 0.2) is 0 Å². The second-order valence-corrected chi connectivity index (χ2v) is 9.79. The maximum absolute atomic E-state index is 12.6. The second-order valence-electron chi connectivity index (χ2n) is 9.79. The molecule has 1 aliphatic heterocycles. The number of carbonyl (C=O) groups excluding carboxylic acids is 2. The highest BCUT2D eigenvalue weighted by Gasteiger charge is 2.22. The van der Waals surface area contributed by atoms with Gasteiger partial charge in [-0.15, -0.1) is 0 Å². The predicted molar refractivity (Wildman–Crippen MR) is 133 cm³/mol. The van der Waals surface area contributed by atoms with Crippen LogP contribution in [0.3, 0.4) is 0 Å². The first-order chi connectivity index (χ1) is 16.8. The highest BCUT2D eigenvalue weighted by molar-refractivity contribution is 6.27. The molecule has 1 fully saturated rings. The van der Waals surface area contributed by atoms with E-state index in [1.54, 1.807) is 0 Å². The molecule has 3 rings (SSSR count). The Balaban J connectivity index is 0.000000678. The molecule has 198 valence electrons. The van der Waals surface area contributed by atoms with Crippen LogP contribution in [0.2, 0.25) is 0 Å². The molecule has 2 heterocycles. The molecule has 11 nitrogen and oxygen atoms in total. The number of benzene rings is 1. The van der Waals surface area contributed by atoms with Gasteiger partial charge >= 0.3 is 11.9 Å². The summed E-state index contributed by atoms with van der Waals surface area (Å²) in [6.45, 7) is 11.9. The van der Waals surface area contributed by atoms with Crippen molar-refractivity contribution in [3.63, 3.8) is 0 Å². The van der Waals surface area contributed by atoms with Gasteiger partial charge in [-0.1, -0.05) is 18.2 Å². The van der Waals surface area contributed by atoms with E-state index in [2.05, 4.69) is 20.4 Å². The third kappa shape index (κ3) is 10.0. The first-order valence-corrected chi connectivity index (χ1v) is 11.8. The minimum atomic E-state index is -1.82. The number of carboxylic acids is 2. The van der Waals surface area contributed by atoms with Gasteiger partial charge in [-0.25, -0.2) is 9.59 Å². The summed E-state index contributed by atoms with van der Waals surface area (Å²) in [7, 11) is 0. The Bertz CT molecular complexity index is 1020. The Morgan fingerprint density at radius 1 is 0.944 bits per heavy atom. The van der Waals surface area contributed by atoms with E-state index < -0.39 is 11.9 Å². The van der Waals surface area contributed by atoms with Gasteiger partial charge in [-0.05, 0) is 59.3 Å². The Labute approximate surface area is 210 Å². The maximum atomic E-state index is 12.6. The summed E-state index contributed by atoms with van der Waals surface area (Å²) in [6.07, 6.45) is 0.940. The first-order valence-electron chi connectivity index (χ1n) is 11.8. The van der Waals surface area contributed by atoms with Crippen molar-refractivity contribution in [2.45, 2.75) is 45.7 Å². The number of nitrogens with zero attached hydrogens (tertiary/aromatic N) is 2. The largest absolute Gasteiger partial charge is 0.473 e. The van der Waals surface area contributed by atoms with Crippen LogP contribution in [0.15, 0.2) is 34.7 Å². The average Bonchev–Trinajstić information content (AvgIpc) is 3.09. The summed E-state index contributed by atoms with van der Waals surface area (Å²) >= 11 is 0. The van der Waals surface area contributed by atoms with E-state index in [1.807, 2.05) is 58.0 Å². The van der Waals surface area contributed by atoms with Crippen molar-refractivity contribution in [2.75, 3.05) is 39.3 Å². The molecule has 0 radical (unpaired) electrons. The fourth-order valence-corrected chi connectivity index (χ4v) is 3.78. The van der Waals surface area contributed by atoms with E-state index in [0.717, 1.165) is 49.3 Å².